The maximum Gasteiger partial charge on any atom is 0.319 e. The van der Waals surface area contributed by atoms with Gasteiger partial charge >= 0.3 is 6.03 Å². The summed E-state index contributed by atoms with van der Waals surface area (Å²) in [6.07, 6.45) is 5.00. The predicted octanol–water partition coefficient (Wildman–Crippen LogP) is 3.94. The van der Waals surface area contributed by atoms with Crippen LogP contribution in [-0.4, -0.2) is 30.6 Å². The van der Waals surface area contributed by atoms with Crippen molar-refractivity contribution in [1.82, 2.24) is 10.6 Å². The maximum absolute atomic E-state index is 13.1. The molecule has 0 radical (unpaired) electrons. The second-order valence-electron chi connectivity index (χ2n) is 8.04. The van der Waals surface area contributed by atoms with Gasteiger partial charge in [0.15, 0.2) is 0 Å². The first-order chi connectivity index (χ1) is 14.5. The normalized spacial score (nSPS) is 22.4. The van der Waals surface area contributed by atoms with Crippen molar-refractivity contribution in [3.05, 3.63) is 59.9 Å². The third-order valence-corrected chi connectivity index (χ3v) is 6.19. The summed E-state index contributed by atoms with van der Waals surface area (Å²) in [4.78, 5) is 25.6. The van der Waals surface area contributed by atoms with Crippen LogP contribution in [0.15, 0.2) is 48.5 Å². The van der Waals surface area contributed by atoms with E-state index in [-0.39, 0.29) is 23.2 Å². The summed E-state index contributed by atoms with van der Waals surface area (Å²) in [6, 6.07) is 12.0. The molecule has 158 valence electrons. The summed E-state index contributed by atoms with van der Waals surface area (Å²) in [7, 11) is 1.61. The molecule has 2 aromatic carbocycles. The van der Waals surface area contributed by atoms with Gasteiger partial charge in [-0.25, -0.2) is 9.18 Å². The van der Waals surface area contributed by atoms with Crippen LogP contribution in [0, 0.1) is 5.82 Å². The van der Waals surface area contributed by atoms with E-state index in [1.807, 2.05) is 24.3 Å². The van der Waals surface area contributed by atoms with Crippen LogP contribution in [0.1, 0.15) is 43.6 Å². The molecule has 1 aliphatic carbocycles. The molecular weight excluding hydrogens is 385 g/mol. The molecule has 4 rings (SSSR count). The number of benzene rings is 2. The molecule has 1 saturated heterocycles. The molecule has 2 aliphatic rings. The largest absolute Gasteiger partial charge is 0.497 e. The zero-order valence-electron chi connectivity index (χ0n) is 16.9. The number of hydrogen-bond donors (Lipinski definition) is 3. The number of carbonyl (C=O) groups is 2. The summed E-state index contributed by atoms with van der Waals surface area (Å²) >= 11 is 0. The van der Waals surface area contributed by atoms with Gasteiger partial charge in [-0.2, -0.15) is 0 Å². The molecule has 0 aromatic heterocycles. The molecule has 1 saturated carbocycles. The molecule has 3 amide bonds. The first-order valence-electron chi connectivity index (χ1n) is 10.3. The minimum Gasteiger partial charge on any atom is -0.497 e. The van der Waals surface area contributed by atoms with Crippen LogP contribution in [0.3, 0.4) is 0 Å². The highest BCUT2D eigenvalue weighted by Crippen LogP contribution is 2.45. The van der Waals surface area contributed by atoms with Crippen molar-refractivity contribution < 1.29 is 18.7 Å². The fraction of sp³-hybridized carbons (Fsp3) is 0.391. The second kappa shape index (κ2) is 8.34. The number of hydrogen-bond acceptors (Lipinski definition) is 3. The predicted molar refractivity (Wildman–Crippen MR) is 112 cm³/mol. The Bertz CT molecular complexity index is 908. The van der Waals surface area contributed by atoms with Gasteiger partial charge in [-0.1, -0.05) is 31.4 Å². The van der Waals surface area contributed by atoms with Crippen molar-refractivity contribution in [2.45, 2.75) is 49.6 Å². The minimum atomic E-state index is -0.697. The second-order valence-corrected chi connectivity index (χ2v) is 8.04. The Morgan fingerprint density at radius 2 is 1.73 bits per heavy atom. The molecular formula is C23H26FN3O3. The van der Waals surface area contributed by atoms with Gasteiger partial charge in [0, 0.05) is 17.1 Å². The molecule has 2 atom stereocenters. The number of amides is 3. The van der Waals surface area contributed by atoms with E-state index in [4.69, 9.17) is 4.74 Å². The zero-order chi connectivity index (χ0) is 21.1. The Kier molecular flexibility index (Phi) is 5.61. The SMILES string of the molecule is COc1ccc([C@@H]2[C@@H](NC(=O)Nc3ccc(F)cc3)C(=O)NC23CCCCC3)cc1. The lowest BCUT2D eigenvalue weighted by Crippen LogP contribution is -2.48. The van der Waals surface area contributed by atoms with Crippen molar-refractivity contribution >= 4 is 17.6 Å². The van der Waals surface area contributed by atoms with Gasteiger partial charge < -0.3 is 20.7 Å². The summed E-state index contributed by atoms with van der Waals surface area (Å²) < 4.78 is 18.4. The molecule has 1 spiro atoms. The van der Waals surface area contributed by atoms with E-state index in [1.165, 1.54) is 24.3 Å². The molecule has 7 heteroatoms. The van der Waals surface area contributed by atoms with Gasteiger partial charge in [-0.3, -0.25) is 4.79 Å². The molecule has 0 unspecified atom stereocenters. The Balaban J connectivity index is 1.59. The van der Waals surface area contributed by atoms with Gasteiger partial charge in [0.05, 0.1) is 7.11 Å². The van der Waals surface area contributed by atoms with E-state index in [9.17, 15) is 14.0 Å². The zero-order valence-corrected chi connectivity index (χ0v) is 16.9. The molecule has 2 fully saturated rings. The minimum absolute atomic E-state index is 0.174. The third-order valence-electron chi connectivity index (χ3n) is 6.19. The van der Waals surface area contributed by atoms with Crippen LogP contribution in [0.4, 0.5) is 14.9 Å². The highest BCUT2D eigenvalue weighted by molar-refractivity contribution is 5.96. The van der Waals surface area contributed by atoms with Gasteiger partial charge in [-0.05, 0) is 54.8 Å². The molecule has 6 nitrogen and oxygen atoms in total. The molecule has 1 heterocycles. The quantitative estimate of drug-likeness (QED) is 0.713. The van der Waals surface area contributed by atoms with E-state index in [2.05, 4.69) is 16.0 Å². The van der Waals surface area contributed by atoms with Crippen molar-refractivity contribution in [3.63, 3.8) is 0 Å². The molecule has 1 aliphatic heterocycles. The number of anilines is 1. The summed E-state index contributed by atoms with van der Waals surface area (Å²) in [5, 5.41) is 8.75. The number of rotatable bonds is 4. The number of ether oxygens (including phenoxy) is 1. The van der Waals surface area contributed by atoms with Gasteiger partial charge in [0.25, 0.3) is 0 Å². The number of methoxy groups -OCH3 is 1. The fourth-order valence-corrected chi connectivity index (χ4v) is 4.80. The Morgan fingerprint density at radius 3 is 2.37 bits per heavy atom. The van der Waals surface area contributed by atoms with E-state index in [1.54, 1.807) is 7.11 Å². The van der Waals surface area contributed by atoms with E-state index in [0.717, 1.165) is 43.4 Å². The third kappa shape index (κ3) is 3.97. The lowest BCUT2D eigenvalue weighted by Gasteiger charge is -2.39. The average molecular weight is 411 g/mol. The maximum atomic E-state index is 13.1. The Morgan fingerprint density at radius 1 is 1.07 bits per heavy atom. The standard InChI is InChI=1S/C23H26FN3O3/c1-30-18-11-5-15(6-12-18)19-20(21(28)27-23(19)13-3-2-4-14-23)26-22(29)25-17-9-7-16(24)8-10-17/h5-12,19-20H,2-4,13-14H2,1H3,(H,27,28)(H2,25,26,29)/t19-,20-/m1/s1. The topological polar surface area (TPSA) is 79.5 Å². The number of carbonyl (C=O) groups excluding carboxylic acids is 2. The Labute approximate surface area is 175 Å². The van der Waals surface area contributed by atoms with Crippen LogP contribution in [0.5, 0.6) is 5.75 Å². The van der Waals surface area contributed by atoms with Crippen LogP contribution < -0.4 is 20.7 Å². The Hall–Kier alpha value is -3.09. The van der Waals surface area contributed by atoms with Crippen LogP contribution in [0.2, 0.25) is 0 Å². The van der Waals surface area contributed by atoms with Crippen molar-refractivity contribution in [2.24, 2.45) is 0 Å². The van der Waals surface area contributed by atoms with Crippen LogP contribution in [-0.2, 0) is 4.79 Å². The lowest BCUT2D eigenvalue weighted by molar-refractivity contribution is -0.121. The van der Waals surface area contributed by atoms with Crippen molar-refractivity contribution in [1.29, 1.82) is 0 Å². The fourth-order valence-electron chi connectivity index (χ4n) is 4.80. The van der Waals surface area contributed by atoms with Gasteiger partial charge in [-0.15, -0.1) is 0 Å². The molecule has 0 bridgehead atoms. The summed E-state index contributed by atoms with van der Waals surface area (Å²) in [6.45, 7) is 0. The summed E-state index contributed by atoms with van der Waals surface area (Å²) in [5.41, 5.74) is 1.08. The van der Waals surface area contributed by atoms with Crippen molar-refractivity contribution in [3.8, 4) is 5.75 Å². The highest BCUT2D eigenvalue weighted by atomic mass is 19.1. The molecule has 30 heavy (non-hydrogen) atoms. The number of urea groups is 1. The first-order valence-corrected chi connectivity index (χ1v) is 10.3. The first kappa shape index (κ1) is 20.2. The van der Waals surface area contributed by atoms with E-state index >= 15 is 0 Å². The van der Waals surface area contributed by atoms with Crippen LogP contribution in [0.25, 0.3) is 0 Å². The summed E-state index contributed by atoms with van der Waals surface area (Å²) in [5.74, 6) is 0.00405. The lowest BCUT2D eigenvalue weighted by atomic mass is 9.70. The number of nitrogens with one attached hydrogen (secondary N) is 3. The smallest absolute Gasteiger partial charge is 0.319 e. The monoisotopic (exact) mass is 411 g/mol. The van der Waals surface area contributed by atoms with Gasteiger partial charge in [0.1, 0.15) is 17.6 Å². The highest BCUT2D eigenvalue weighted by Gasteiger charge is 2.54. The average Bonchev–Trinajstić information content (AvgIpc) is 3.00. The molecule has 3 N–H and O–H groups in total. The number of halogens is 1. The van der Waals surface area contributed by atoms with Gasteiger partial charge in [0.2, 0.25) is 5.91 Å². The van der Waals surface area contributed by atoms with Crippen molar-refractivity contribution in [2.75, 3.05) is 12.4 Å². The van der Waals surface area contributed by atoms with Crippen LogP contribution >= 0.6 is 0 Å². The molecule has 2 aromatic rings. The van der Waals surface area contributed by atoms with E-state index in [0.29, 0.717) is 5.69 Å². The van der Waals surface area contributed by atoms with E-state index < -0.39 is 12.1 Å².